The zero-order valence-electron chi connectivity index (χ0n) is 15.8. The van der Waals surface area contributed by atoms with E-state index in [9.17, 15) is 14.4 Å². The number of esters is 2. The van der Waals surface area contributed by atoms with Gasteiger partial charge in [-0.15, -0.1) is 0 Å². The molecule has 0 bridgehead atoms. The van der Waals surface area contributed by atoms with Crippen LogP contribution in [0.5, 0.6) is 0 Å². The van der Waals surface area contributed by atoms with Gasteiger partial charge in [0.1, 0.15) is 6.10 Å². The van der Waals surface area contributed by atoms with Crippen molar-refractivity contribution in [2.45, 2.75) is 45.6 Å². The van der Waals surface area contributed by atoms with Crippen LogP contribution in [0.2, 0.25) is 0 Å². The fraction of sp³-hybridized carbons (Fsp3) is 0.571. The molecular formula is C21H24O6. The standard InChI is InChI=1S/C21H24O6/c1-20-6-4-14-19(24)27-16(12-5-7-26-11-12)10-21(14,2)17(20)9-13(22)8-15(20)18(23)25-3/h5,7-8,11,14,16-17H,4,6,9-10H2,1-3H3/t14-,16-,17-,20-,21-/m0/s1. The molecule has 0 N–H and O–H groups in total. The van der Waals surface area contributed by atoms with Crippen LogP contribution in [0.1, 0.15) is 51.2 Å². The fourth-order valence-electron chi connectivity index (χ4n) is 5.67. The minimum Gasteiger partial charge on any atom is -0.472 e. The van der Waals surface area contributed by atoms with Gasteiger partial charge in [-0.2, -0.15) is 0 Å². The molecule has 0 aromatic carbocycles. The second-order valence-corrected chi connectivity index (χ2v) is 8.47. The van der Waals surface area contributed by atoms with Crippen molar-refractivity contribution in [3.63, 3.8) is 0 Å². The molecule has 1 aromatic rings. The van der Waals surface area contributed by atoms with E-state index < -0.39 is 22.9 Å². The molecule has 0 unspecified atom stereocenters. The number of hydrogen-bond acceptors (Lipinski definition) is 6. The van der Waals surface area contributed by atoms with E-state index in [1.807, 2.05) is 6.92 Å². The molecule has 0 spiro atoms. The summed E-state index contributed by atoms with van der Waals surface area (Å²) in [7, 11) is 1.33. The molecule has 144 valence electrons. The van der Waals surface area contributed by atoms with E-state index in [0.29, 0.717) is 31.3 Å². The van der Waals surface area contributed by atoms with Crippen molar-refractivity contribution >= 4 is 17.7 Å². The Morgan fingerprint density at radius 3 is 2.74 bits per heavy atom. The van der Waals surface area contributed by atoms with Crippen molar-refractivity contribution in [2.24, 2.45) is 22.7 Å². The summed E-state index contributed by atoms with van der Waals surface area (Å²) in [5, 5.41) is 0. The lowest BCUT2D eigenvalue weighted by Crippen LogP contribution is -2.57. The molecule has 0 amide bonds. The highest BCUT2D eigenvalue weighted by Crippen LogP contribution is 2.64. The summed E-state index contributed by atoms with van der Waals surface area (Å²) in [6, 6.07) is 1.80. The van der Waals surface area contributed by atoms with Gasteiger partial charge in [-0.1, -0.05) is 13.8 Å². The van der Waals surface area contributed by atoms with E-state index in [1.54, 1.807) is 18.6 Å². The molecule has 1 saturated heterocycles. The first-order valence-electron chi connectivity index (χ1n) is 9.35. The summed E-state index contributed by atoms with van der Waals surface area (Å²) in [6.45, 7) is 4.10. The first-order valence-corrected chi connectivity index (χ1v) is 9.35. The molecule has 1 saturated carbocycles. The van der Waals surface area contributed by atoms with Gasteiger partial charge in [0.05, 0.1) is 25.6 Å². The molecule has 27 heavy (non-hydrogen) atoms. The highest BCUT2D eigenvalue weighted by Gasteiger charge is 2.62. The van der Waals surface area contributed by atoms with Crippen molar-refractivity contribution in [1.82, 2.24) is 0 Å². The van der Waals surface area contributed by atoms with Gasteiger partial charge in [-0.05, 0) is 42.7 Å². The van der Waals surface area contributed by atoms with Gasteiger partial charge in [-0.3, -0.25) is 9.59 Å². The number of carbonyl (C=O) groups excluding carboxylic acids is 3. The Labute approximate surface area is 157 Å². The fourth-order valence-corrected chi connectivity index (χ4v) is 5.67. The molecule has 1 aromatic heterocycles. The summed E-state index contributed by atoms with van der Waals surface area (Å²) >= 11 is 0. The van der Waals surface area contributed by atoms with Crippen molar-refractivity contribution in [1.29, 1.82) is 0 Å². The maximum atomic E-state index is 12.8. The van der Waals surface area contributed by atoms with E-state index >= 15 is 0 Å². The quantitative estimate of drug-likeness (QED) is 0.740. The first kappa shape index (κ1) is 18.0. The van der Waals surface area contributed by atoms with E-state index in [2.05, 4.69) is 6.92 Å². The number of rotatable bonds is 2. The van der Waals surface area contributed by atoms with Gasteiger partial charge in [0, 0.05) is 23.0 Å². The number of cyclic esters (lactones) is 1. The van der Waals surface area contributed by atoms with Gasteiger partial charge in [-0.25, -0.2) is 4.79 Å². The second-order valence-electron chi connectivity index (χ2n) is 8.47. The number of carbonyl (C=O) groups is 3. The Bertz CT molecular complexity index is 822. The molecule has 0 radical (unpaired) electrons. The molecule has 2 heterocycles. The van der Waals surface area contributed by atoms with Crippen molar-refractivity contribution in [2.75, 3.05) is 7.11 Å². The van der Waals surface area contributed by atoms with Crippen LogP contribution in [-0.2, 0) is 23.9 Å². The van der Waals surface area contributed by atoms with Crippen LogP contribution in [0.3, 0.4) is 0 Å². The van der Waals surface area contributed by atoms with Crippen LogP contribution in [0, 0.1) is 22.7 Å². The van der Waals surface area contributed by atoms with Crippen LogP contribution in [-0.4, -0.2) is 24.8 Å². The predicted molar refractivity (Wildman–Crippen MR) is 94.3 cm³/mol. The van der Waals surface area contributed by atoms with Gasteiger partial charge >= 0.3 is 11.9 Å². The van der Waals surface area contributed by atoms with Gasteiger partial charge in [0.2, 0.25) is 0 Å². The average Bonchev–Trinajstić information content (AvgIpc) is 3.16. The predicted octanol–water partition coefficient (Wildman–Crippen LogP) is 3.38. The van der Waals surface area contributed by atoms with E-state index in [0.717, 1.165) is 5.56 Å². The van der Waals surface area contributed by atoms with Crippen LogP contribution >= 0.6 is 0 Å². The highest BCUT2D eigenvalue weighted by atomic mass is 16.5. The Morgan fingerprint density at radius 1 is 1.30 bits per heavy atom. The Hall–Kier alpha value is -2.37. The summed E-state index contributed by atoms with van der Waals surface area (Å²) in [5.41, 5.74) is 0.309. The first-order chi connectivity index (χ1) is 12.8. The third-order valence-corrected chi connectivity index (χ3v) is 7.13. The third-order valence-electron chi connectivity index (χ3n) is 7.13. The maximum Gasteiger partial charge on any atom is 0.334 e. The SMILES string of the molecule is COC(=O)C1=CC(=O)C[C@@H]2[C@@]3(C)C[C@@H](c4ccoc4)OC(=O)[C@@H]3CC[C@@]12C. The number of methoxy groups -OCH3 is 1. The maximum absolute atomic E-state index is 12.8. The summed E-state index contributed by atoms with van der Waals surface area (Å²) in [5.74, 6) is -1.17. The lowest BCUT2D eigenvalue weighted by Gasteiger charge is -2.59. The number of fused-ring (bicyclic) bond motifs is 3. The van der Waals surface area contributed by atoms with Crippen LogP contribution in [0.15, 0.2) is 34.7 Å². The monoisotopic (exact) mass is 372 g/mol. The summed E-state index contributed by atoms with van der Waals surface area (Å²) in [4.78, 5) is 37.7. The number of allylic oxidation sites excluding steroid dienone is 1. The van der Waals surface area contributed by atoms with Gasteiger partial charge in [0.25, 0.3) is 0 Å². The number of hydrogen-bond donors (Lipinski definition) is 0. The Kier molecular flexibility index (Phi) is 4.05. The molecule has 1 aliphatic heterocycles. The molecule has 6 heteroatoms. The van der Waals surface area contributed by atoms with E-state index in [-0.39, 0.29) is 23.6 Å². The van der Waals surface area contributed by atoms with E-state index in [1.165, 1.54) is 13.2 Å². The highest BCUT2D eigenvalue weighted by molar-refractivity contribution is 6.02. The lowest BCUT2D eigenvalue weighted by atomic mass is 9.45. The summed E-state index contributed by atoms with van der Waals surface area (Å²) < 4.78 is 15.8. The second kappa shape index (κ2) is 6.08. The van der Waals surface area contributed by atoms with Crippen molar-refractivity contribution in [3.8, 4) is 0 Å². The molecular weight excluding hydrogens is 348 g/mol. The molecule has 3 aliphatic rings. The minimum atomic E-state index is -0.495. The number of ketones is 1. The third kappa shape index (κ3) is 2.57. The smallest absolute Gasteiger partial charge is 0.334 e. The molecule has 2 aliphatic carbocycles. The summed E-state index contributed by atoms with van der Waals surface area (Å²) in [6.07, 6.45) is 6.41. The Balaban J connectivity index is 1.77. The van der Waals surface area contributed by atoms with Gasteiger partial charge < -0.3 is 13.9 Å². The number of furan rings is 1. The largest absolute Gasteiger partial charge is 0.472 e. The topological polar surface area (TPSA) is 82.8 Å². The number of ether oxygens (including phenoxy) is 2. The zero-order valence-corrected chi connectivity index (χ0v) is 15.8. The molecule has 4 rings (SSSR count). The van der Waals surface area contributed by atoms with Crippen LogP contribution in [0.25, 0.3) is 0 Å². The normalized spacial score (nSPS) is 38.3. The molecule has 5 atom stereocenters. The van der Waals surface area contributed by atoms with Gasteiger partial charge in [0.15, 0.2) is 5.78 Å². The van der Waals surface area contributed by atoms with Crippen molar-refractivity contribution < 1.29 is 28.3 Å². The molecule has 2 fully saturated rings. The molecule has 6 nitrogen and oxygen atoms in total. The average molecular weight is 372 g/mol. The van der Waals surface area contributed by atoms with Crippen molar-refractivity contribution in [3.05, 3.63) is 35.8 Å². The zero-order chi connectivity index (χ0) is 19.4. The van der Waals surface area contributed by atoms with E-state index in [4.69, 9.17) is 13.9 Å². The van der Waals surface area contributed by atoms with Crippen LogP contribution < -0.4 is 0 Å². The minimum absolute atomic E-state index is 0.0847. The van der Waals surface area contributed by atoms with Crippen LogP contribution in [0.4, 0.5) is 0 Å². The lowest BCUT2D eigenvalue weighted by molar-refractivity contribution is -0.191. The Morgan fingerprint density at radius 2 is 2.07 bits per heavy atom.